The summed E-state index contributed by atoms with van der Waals surface area (Å²) in [4.78, 5) is 19.9. The summed E-state index contributed by atoms with van der Waals surface area (Å²) in [6.07, 6.45) is 7.61. The van der Waals surface area contributed by atoms with Crippen LogP contribution in [0.1, 0.15) is 6.92 Å². The van der Waals surface area contributed by atoms with Crippen LogP contribution in [0.5, 0.6) is 0 Å². The molecule has 0 aromatic heterocycles. The maximum absolute atomic E-state index is 11.3. The highest BCUT2D eigenvalue weighted by atomic mass is 16.6. The fourth-order valence-electron chi connectivity index (χ4n) is 2.50. The van der Waals surface area contributed by atoms with Crippen molar-refractivity contribution in [1.82, 2.24) is 0 Å². The van der Waals surface area contributed by atoms with Crippen molar-refractivity contribution in [1.29, 1.82) is 0 Å². The summed E-state index contributed by atoms with van der Waals surface area (Å²) in [5.41, 5.74) is 0.932. The molecule has 1 fully saturated rings. The smallest absolute Gasteiger partial charge is 0.154 e. The molecule has 0 N–H and O–H groups in total. The van der Waals surface area contributed by atoms with Gasteiger partial charge in [0, 0.05) is 24.2 Å². The standard InChI is InChI=1S/C13H14N2O3/c1-13(8-16)12(17-4-5-18-13)10-7-14-6-9-2-3-15-11(9)10/h2-3,6-8,10,12H,4-5H2,1H3. The van der Waals surface area contributed by atoms with E-state index in [0.717, 1.165) is 17.6 Å². The summed E-state index contributed by atoms with van der Waals surface area (Å²) < 4.78 is 11.3. The average molecular weight is 246 g/mol. The lowest BCUT2D eigenvalue weighted by atomic mass is 9.83. The molecule has 18 heavy (non-hydrogen) atoms. The van der Waals surface area contributed by atoms with Crippen LogP contribution in [-0.4, -0.2) is 43.1 Å². The molecule has 5 nitrogen and oxygen atoms in total. The molecule has 3 heterocycles. The van der Waals surface area contributed by atoms with Gasteiger partial charge in [0.1, 0.15) is 11.7 Å². The first kappa shape index (κ1) is 11.5. The number of hydrogen-bond donors (Lipinski definition) is 0. The van der Waals surface area contributed by atoms with E-state index in [2.05, 4.69) is 9.98 Å². The van der Waals surface area contributed by atoms with Crippen LogP contribution in [0.15, 0.2) is 34.0 Å². The lowest BCUT2D eigenvalue weighted by Crippen LogP contribution is -2.55. The van der Waals surface area contributed by atoms with Crippen LogP contribution >= 0.6 is 0 Å². The number of carbonyl (C=O) groups excluding carboxylic acids is 1. The van der Waals surface area contributed by atoms with E-state index in [1.165, 1.54) is 0 Å². The summed E-state index contributed by atoms with van der Waals surface area (Å²) in [5.74, 6) is -0.143. The van der Waals surface area contributed by atoms with Gasteiger partial charge < -0.3 is 14.3 Å². The van der Waals surface area contributed by atoms with Gasteiger partial charge in [-0.15, -0.1) is 0 Å². The van der Waals surface area contributed by atoms with Gasteiger partial charge in [-0.3, -0.25) is 9.98 Å². The van der Waals surface area contributed by atoms with E-state index < -0.39 is 5.60 Å². The van der Waals surface area contributed by atoms with Gasteiger partial charge in [0.25, 0.3) is 0 Å². The Bertz CT molecular complexity index is 492. The van der Waals surface area contributed by atoms with E-state index in [1.54, 1.807) is 25.5 Å². The van der Waals surface area contributed by atoms with Gasteiger partial charge in [-0.05, 0) is 13.0 Å². The molecule has 0 spiro atoms. The third-order valence-corrected chi connectivity index (χ3v) is 3.46. The predicted molar refractivity (Wildman–Crippen MR) is 66.8 cm³/mol. The molecule has 3 aliphatic heterocycles. The second-order valence-electron chi connectivity index (χ2n) is 4.68. The fourth-order valence-corrected chi connectivity index (χ4v) is 2.50. The summed E-state index contributed by atoms with van der Waals surface area (Å²) in [7, 11) is 0. The Labute approximate surface area is 105 Å². The van der Waals surface area contributed by atoms with Gasteiger partial charge in [0.15, 0.2) is 6.29 Å². The van der Waals surface area contributed by atoms with E-state index >= 15 is 0 Å². The summed E-state index contributed by atoms with van der Waals surface area (Å²) >= 11 is 0. The quantitative estimate of drug-likeness (QED) is 0.680. The predicted octanol–water partition coefficient (Wildman–Crippen LogP) is 0.912. The molecule has 0 aromatic rings. The fraction of sp³-hybridized carbons (Fsp3) is 0.462. The Kier molecular flexibility index (Phi) is 2.72. The molecule has 94 valence electrons. The van der Waals surface area contributed by atoms with Gasteiger partial charge >= 0.3 is 0 Å². The third-order valence-electron chi connectivity index (χ3n) is 3.46. The molecule has 0 aromatic carbocycles. The van der Waals surface area contributed by atoms with Crippen molar-refractivity contribution in [2.75, 3.05) is 13.2 Å². The topological polar surface area (TPSA) is 60.2 Å². The Balaban J connectivity index is 1.92. The van der Waals surface area contributed by atoms with E-state index in [4.69, 9.17) is 9.47 Å². The second kappa shape index (κ2) is 4.26. The summed E-state index contributed by atoms with van der Waals surface area (Å²) in [5, 5.41) is 0. The molecule has 3 rings (SSSR count). The number of fused-ring (bicyclic) bond motifs is 1. The zero-order valence-electron chi connectivity index (χ0n) is 10.1. The highest BCUT2D eigenvalue weighted by Gasteiger charge is 2.46. The molecule has 1 saturated heterocycles. The number of carbonyl (C=O) groups is 1. The van der Waals surface area contributed by atoms with Crippen LogP contribution in [0.2, 0.25) is 0 Å². The molecular weight excluding hydrogens is 232 g/mol. The normalized spacial score (nSPS) is 38.1. The highest BCUT2D eigenvalue weighted by Crippen LogP contribution is 2.31. The van der Waals surface area contributed by atoms with E-state index in [-0.39, 0.29) is 12.0 Å². The molecule has 0 radical (unpaired) electrons. The van der Waals surface area contributed by atoms with Crippen LogP contribution in [0.4, 0.5) is 0 Å². The second-order valence-corrected chi connectivity index (χ2v) is 4.68. The largest absolute Gasteiger partial charge is 0.371 e. The van der Waals surface area contributed by atoms with Crippen molar-refractivity contribution in [2.45, 2.75) is 18.6 Å². The van der Waals surface area contributed by atoms with E-state index in [1.807, 2.05) is 6.08 Å². The lowest BCUT2D eigenvalue weighted by molar-refractivity contribution is -0.192. The number of aldehydes is 1. The van der Waals surface area contributed by atoms with Crippen molar-refractivity contribution in [3.63, 3.8) is 0 Å². The summed E-state index contributed by atoms with van der Waals surface area (Å²) in [6.45, 7) is 2.67. The maximum Gasteiger partial charge on any atom is 0.154 e. The first-order valence-corrected chi connectivity index (χ1v) is 5.94. The van der Waals surface area contributed by atoms with Crippen molar-refractivity contribution in [3.8, 4) is 0 Å². The molecule has 0 bridgehead atoms. The number of hydrogen-bond acceptors (Lipinski definition) is 5. The number of aliphatic imine (C=N–C) groups is 2. The number of allylic oxidation sites excluding steroid dienone is 2. The van der Waals surface area contributed by atoms with Crippen molar-refractivity contribution in [2.24, 2.45) is 15.9 Å². The SMILES string of the molecule is CC1(C=O)OCCOC1C1C=NC=C2C=CN=C21. The van der Waals surface area contributed by atoms with E-state index in [9.17, 15) is 4.79 Å². The number of nitrogens with zero attached hydrogens (tertiary/aromatic N) is 2. The van der Waals surface area contributed by atoms with Crippen LogP contribution < -0.4 is 0 Å². The Hall–Kier alpha value is -1.59. The van der Waals surface area contributed by atoms with Gasteiger partial charge in [0.2, 0.25) is 0 Å². The zero-order valence-corrected chi connectivity index (χ0v) is 10.1. The molecular formula is C13H14N2O3. The highest BCUT2D eigenvalue weighted by molar-refractivity contribution is 6.15. The van der Waals surface area contributed by atoms with Crippen molar-refractivity contribution in [3.05, 3.63) is 24.0 Å². The van der Waals surface area contributed by atoms with Crippen LogP contribution in [0.3, 0.4) is 0 Å². The van der Waals surface area contributed by atoms with Gasteiger partial charge in [0.05, 0.1) is 24.8 Å². The monoisotopic (exact) mass is 246 g/mol. The lowest BCUT2D eigenvalue weighted by Gasteiger charge is -2.40. The molecule has 0 saturated carbocycles. The minimum absolute atomic E-state index is 0.143. The average Bonchev–Trinajstić information content (AvgIpc) is 2.87. The van der Waals surface area contributed by atoms with Gasteiger partial charge in [-0.25, -0.2) is 0 Å². The van der Waals surface area contributed by atoms with Crippen LogP contribution in [0.25, 0.3) is 0 Å². The molecule has 0 amide bonds. The Morgan fingerprint density at radius 3 is 3.22 bits per heavy atom. The minimum atomic E-state index is -0.942. The minimum Gasteiger partial charge on any atom is -0.371 e. The van der Waals surface area contributed by atoms with Crippen molar-refractivity contribution < 1.29 is 14.3 Å². The Morgan fingerprint density at radius 1 is 1.50 bits per heavy atom. The van der Waals surface area contributed by atoms with Crippen LogP contribution in [0, 0.1) is 5.92 Å². The molecule has 3 atom stereocenters. The molecule has 5 heteroatoms. The molecule has 3 aliphatic rings. The van der Waals surface area contributed by atoms with Crippen molar-refractivity contribution >= 4 is 18.2 Å². The third kappa shape index (κ3) is 1.67. The summed E-state index contributed by atoms with van der Waals surface area (Å²) in [6, 6.07) is 0. The molecule has 3 unspecified atom stereocenters. The Morgan fingerprint density at radius 2 is 2.39 bits per heavy atom. The number of rotatable bonds is 2. The van der Waals surface area contributed by atoms with Gasteiger partial charge in [-0.1, -0.05) is 0 Å². The van der Waals surface area contributed by atoms with Crippen LogP contribution in [-0.2, 0) is 14.3 Å². The first-order chi connectivity index (χ1) is 8.74. The maximum atomic E-state index is 11.3. The zero-order chi connectivity index (χ0) is 12.6. The van der Waals surface area contributed by atoms with Gasteiger partial charge in [-0.2, -0.15) is 0 Å². The number of ether oxygens (including phenoxy) is 2. The van der Waals surface area contributed by atoms with E-state index in [0.29, 0.717) is 13.2 Å². The first-order valence-electron chi connectivity index (χ1n) is 5.94. The molecule has 0 aliphatic carbocycles.